The highest BCUT2D eigenvalue weighted by Gasteiger charge is 2.42. The van der Waals surface area contributed by atoms with Gasteiger partial charge in [-0.05, 0) is 62.2 Å². The van der Waals surface area contributed by atoms with Crippen LogP contribution in [0.1, 0.15) is 75.8 Å². The summed E-state index contributed by atoms with van der Waals surface area (Å²) >= 11 is 0. The molecule has 2 N–H and O–H groups in total. The highest BCUT2D eigenvalue weighted by Crippen LogP contribution is 2.49. The van der Waals surface area contributed by atoms with Crippen molar-refractivity contribution in [3.05, 3.63) is 53.6 Å². The fourth-order valence-corrected chi connectivity index (χ4v) is 6.40. The summed E-state index contributed by atoms with van der Waals surface area (Å²) in [5.74, 6) is 3.18. The molecule has 0 saturated carbocycles. The monoisotopic (exact) mass is 501 g/mol. The zero-order valence-corrected chi connectivity index (χ0v) is 22.5. The Hall–Kier alpha value is -2.05. The lowest BCUT2D eigenvalue weighted by Gasteiger charge is -2.43. The number of phenols is 2. The average Bonchev–Trinajstić information content (AvgIpc) is 2.85. The smallest absolute Gasteiger partial charge is 0.126 e. The third-order valence-electron chi connectivity index (χ3n) is 7.40. The van der Waals surface area contributed by atoms with E-state index in [0.29, 0.717) is 6.61 Å². The molecule has 3 atom stereocenters. The molecule has 1 aliphatic rings. The fraction of sp³-hybridized carbons (Fsp3) is 0.586. The van der Waals surface area contributed by atoms with Crippen LogP contribution in [-0.4, -0.2) is 57.6 Å². The first-order valence-electron chi connectivity index (χ1n) is 13.1. The summed E-state index contributed by atoms with van der Waals surface area (Å²) in [4.78, 5) is 2.31. The first kappa shape index (κ1) is 27.5. The second kappa shape index (κ2) is 13.3. The predicted molar refractivity (Wildman–Crippen MR) is 145 cm³/mol. The topological polar surface area (TPSA) is 70.0 Å². The third-order valence-corrected chi connectivity index (χ3v) is 8.79. The van der Waals surface area contributed by atoms with Crippen LogP contribution in [0.5, 0.6) is 17.2 Å². The third kappa shape index (κ3) is 7.71. The summed E-state index contributed by atoms with van der Waals surface area (Å²) in [5.41, 5.74) is 2.11. The van der Waals surface area contributed by atoms with Crippen LogP contribution in [0.2, 0.25) is 0 Å². The molecular weight excluding hydrogens is 458 g/mol. The van der Waals surface area contributed by atoms with Crippen molar-refractivity contribution >= 4 is 10.8 Å². The minimum atomic E-state index is -0.680. The number of ether oxygens (including phenoxy) is 1. The number of rotatable bonds is 14. The Morgan fingerprint density at radius 2 is 1.69 bits per heavy atom. The number of phenolic OH excluding ortho intramolecular Hbond substituents is 2. The van der Waals surface area contributed by atoms with Crippen LogP contribution in [0.4, 0.5) is 0 Å². The zero-order valence-electron chi connectivity index (χ0n) is 21.7. The van der Waals surface area contributed by atoms with E-state index in [1.165, 1.54) is 12.8 Å². The van der Waals surface area contributed by atoms with E-state index < -0.39 is 10.8 Å². The van der Waals surface area contributed by atoms with Crippen LogP contribution in [-0.2, 0) is 16.2 Å². The average molecular weight is 502 g/mol. The van der Waals surface area contributed by atoms with E-state index in [9.17, 15) is 14.4 Å². The number of unbranched alkanes of at least 4 members (excludes halogenated alkanes) is 4. The molecule has 194 valence electrons. The van der Waals surface area contributed by atoms with Crippen molar-refractivity contribution in [3.8, 4) is 17.2 Å². The number of hydrogen-bond donors (Lipinski definition) is 2. The number of fused-ring (bicyclic) bond motifs is 1. The van der Waals surface area contributed by atoms with Crippen molar-refractivity contribution in [1.29, 1.82) is 0 Å². The maximum Gasteiger partial charge on any atom is 0.126 e. The molecule has 6 heteroatoms. The van der Waals surface area contributed by atoms with Gasteiger partial charge in [-0.3, -0.25) is 4.21 Å². The van der Waals surface area contributed by atoms with Gasteiger partial charge in [0.1, 0.15) is 17.2 Å². The van der Waals surface area contributed by atoms with E-state index in [-0.39, 0.29) is 22.8 Å². The Morgan fingerprint density at radius 3 is 2.43 bits per heavy atom. The molecule has 1 unspecified atom stereocenters. The minimum absolute atomic E-state index is 0.203. The lowest BCUT2D eigenvalue weighted by atomic mass is 9.66. The number of nitrogens with zero attached hydrogens (tertiary/aromatic N) is 1. The molecule has 0 bridgehead atoms. The van der Waals surface area contributed by atoms with Crippen LogP contribution < -0.4 is 4.74 Å². The summed E-state index contributed by atoms with van der Waals surface area (Å²) in [5, 5.41) is 19.7. The predicted octanol–water partition coefficient (Wildman–Crippen LogP) is 5.96. The van der Waals surface area contributed by atoms with E-state index in [1.807, 2.05) is 18.2 Å². The SMILES string of the molecule is CCCCS(=O)CCN(C)CCCCCC[C@@H]1c2ccc(O)cc2OC[C@]1(C)c1ccc(O)cc1. The van der Waals surface area contributed by atoms with Gasteiger partial charge in [-0.15, -0.1) is 0 Å². The summed E-state index contributed by atoms with van der Waals surface area (Å²) in [7, 11) is 1.45. The molecular formula is C29H43NO4S. The fourth-order valence-electron chi connectivity index (χ4n) is 5.07. The Labute approximate surface area is 214 Å². The van der Waals surface area contributed by atoms with Crippen LogP contribution >= 0.6 is 0 Å². The Bertz CT molecular complexity index is 948. The van der Waals surface area contributed by atoms with Gasteiger partial charge in [0.2, 0.25) is 0 Å². The quantitative estimate of drug-likeness (QED) is 0.313. The Morgan fingerprint density at radius 1 is 0.971 bits per heavy atom. The second-order valence-corrected chi connectivity index (χ2v) is 11.9. The molecule has 1 heterocycles. The second-order valence-electron chi connectivity index (χ2n) is 10.2. The van der Waals surface area contributed by atoms with E-state index in [2.05, 4.69) is 25.8 Å². The van der Waals surface area contributed by atoms with Gasteiger partial charge in [0.25, 0.3) is 0 Å². The molecule has 1 aliphatic heterocycles. The summed E-state index contributed by atoms with van der Waals surface area (Å²) in [6.45, 7) is 6.90. The molecule has 35 heavy (non-hydrogen) atoms. The molecule has 0 fully saturated rings. The first-order chi connectivity index (χ1) is 16.8. The van der Waals surface area contributed by atoms with Gasteiger partial charge in [0, 0.05) is 46.2 Å². The van der Waals surface area contributed by atoms with Gasteiger partial charge in [-0.1, -0.05) is 57.7 Å². The molecule has 0 aromatic heterocycles. The Kier molecular flexibility index (Phi) is 10.5. The number of aromatic hydroxyl groups is 2. The number of hydrogen-bond acceptors (Lipinski definition) is 5. The van der Waals surface area contributed by atoms with Gasteiger partial charge < -0.3 is 19.8 Å². The van der Waals surface area contributed by atoms with E-state index in [0.717, 1.165) is 73.6 Å². The van der Waals surface area contributed by atoms with E-state index >= 15 is 0 Å². The van der Waals surface area contributed by atoms with Gasteiger partial charge in [-0.2, -0.15) is 0 Å². The van der Waals surface area contributed by atoms with E-state index in [4.69, 9.17) is 4.74 Å². The molecule has 3 rings (SSSR count). The molecule has 2 aromatic carbocycles. The highest BCUT2D eigenvalue weighted by molar-refractivity contribution is 7.84. The van der Waals surface area contributed by atoms with Crippen molar-refractivity contribution in [2.24, 2.45) is 0 Å². The van der Waals surface area contributed by atoms with Crippen LogP contribution in [0.25, 0.3) is 0 Å². The van der Waals surface area contributed by atoms with Crippen LogP contribution in [0.3, 0.4) is 0 Å². The zero-order chi connectivity index (χ0) is 25.3. The summed E-state index contributed by atoms with van der Waals surface area (Å²) in [6, 6.07) is 13.0. The van der Waals surface area contributed by atoms with Crippen LogP contribution in [0, 0.1) is 0 Å². The molecule has 2 aromatic rings. The molecule has 0 spiro atoms. The van der Waals surface area contributed by atoms with Crippen molar-refractivity contribution < 1.29 is 19.2 Å². The summed E-state index contributed by atoms with van der Waals surface area (Å²) in [6.07, 6.45) is 7.86. The van der Waals surface area contributed by atoms with E-state index in [1.54, 1.807) is 24.3 Å². The van der Waals surface area contributed by atoms with Gasteiger partial charge in [0.05, 0.1) is 6.61 Å². The minimum Gasteiger partial charge on any atom is -0.508 e. The Balaban J connectivity index is 1.52. The van der Waals surface area contributed by atoms with Gasteiger partial charge in [0.15, 0.2) is 0 Å². The van der Waals surface area contributed by atoms with Crippen LogP contribution in [0.15, 0.2) is 42.5 Å². The maximum atomic E-state index is 12.0. The molecule has 0 radical (unpaired) electrons. The lowest BCUT2D eigenvalue weighted by molar-refractivity contribution is 0.162. The highest BCUT2D eigenvalue weighted by atomic mass is 32.2. The molecule has 0 saturated heterocycles. The standard InChI is InChI=1S/C29H43NO4S/c1-4-5-19-35(33)20-18-30(3)17-9-7-6-8-10-27-26-16-15-25(32)21-28(26)34-22-29(27,2)23-11-13-24(31)14-12-23/h11-16,21,27,31-32H,4-10,17-20,22H2,1-3H3/t27-,29-,35?/m1/s1. The van der Waals surface area contributed by atoms with Crippen molar-refractivity contribution in [2.45, 2.75) is 70.1 Å². The molecule has 0 amide bonds. The van der Waals surface area contributed by atoms with Crippen molar-refractivity contribution in [2.75, 3.05) is 38.2 Å². The van der Waals surface area contributed by atoms with Crippen molar-refractivity contribution in [1.82, 2.24) is 4.90 Å². The van der Waals surface area contributed by atoms with Gasteiger partial charge in [-0.25, -0.2) is 0 Å². The lowest BCUT2D eigenvalue weighted by Crippen LogP contribution is -2.40. The first-order valence-corrected chi connectivity index (χ1v) is 14.6. The largest absolute Gasteiger partial charge is 0.508 e. The van der Waals surface area contributed by atoms with Gasteiger partial charge >= 0.3 is 0 Å². The maximum absolute atomic E-state index is 12.0. The normalized spacial score (nSPS) is 20.4. The molecule has 5 nitrogen and oxygen atoms in total. The van der Waals surface area contributed by atoms with Crippen molar-refractivity contribution in [3.63, 3.8) is 0 Å². The number of benzene rings is 2. The summed E-state index contributed by atoms with van der Waals surface area (Å²) < 4.78 is 18.1. The molecule has 0 aliphatic carbocycles.